The van der Waals surface area contributed by atoms with E-state index in [-0.39, 0.29) is 17.3 Å². The Morgan fingerprint density at radius 2 is 2.11 bits per heavy atom. The van der Waals surface area contributed by atoms with Gasteiger partial charge in [-0.15, -0.1) is 0 Å². The maximum Gasteiger partial charge on any atom is 0.420 e. The number of ether oxygens (including phenoxy) is 1. The predicted molar refractivity (Wildman–Crippen MR) is 62.5 cm³/mol. The molecular formula is C12H13F3N2O2. The molecule has 1 fully saturated rings. The highest BCUT2D eigenvalue weighted by molar-refractivity contribution is 5.83. The molecule has 1 aromatic carbocycles. The number of halogens is 3. The van der Waals surface area contributed by atoms with Crippen molar-refractivity contribution in [3.05, 3.63) is 23.8 Å². The van der Waals surface area contributed by atoms with Crippen LogP contribution in [-0.4, -0.2) is 30.5 Å². The van der Waals surface area contributed by atoms with E-state index in [1.807, 2.05) is 0 Å². The van der Waals surface area contributed by atoms with Crippen LogP contribution in [0, 0.1) is 0 Å². The topological polar surface area (TPSA) is 55.6 Å². The van der Waals surface area contributed by atoms with Gasteiger partial charge in [0.25, 0.3) is 5.91 Å². The Morgan fingerprint density at radius 3 is 2.63 bits per heavy atom. The number of nitrogens with zero attached hydrogens (tertiary/aromatic N) is 1. The molecule has 1 aliphatic heterocycles. The fourth-order valence-corrected chi connectivity index (χ4v) is 1.92. The number of hydrogen-bond donors (Lipinski definition) is 1. The van der Waals surface area contributed by atoms with Crippen molar-refractivity contribution in [2.45, 2.75) is 18.7 Å². The first kappa shape index (κ1) is 13.5. The monoisotopic (exact) mass is 274 g/mol. The molecule has 0 aromatic heterocycles. The van der Waals surface area contributed by atoms with E-state index in [0.29, 0.717) is 13.0 Å². The Morgan fingerprint density at radius 1 is 1.42 bits per heavy atom. The zero-order chi connectivity index (χ0) is 14.2. The van der Waals surface area contributed by atoms with E-state index in [4.69, 9.17) is 10.5 Å². The van der Waals surface area contributed by atoms with Crippen molar-refractivity contribution in [2.24, 2.45) is 0 Å². The van der Waals surface area contributed by atoms with E-state index < -0.39 is 17.8 Å². The quantitative estimate of drug-likeness (QED) is 0.838. The van der Waals surface area contributed by atoms with Crippen LogP contribution in [0.15, 0.2) is 18.2 Å². The van der Waals surface area contributed by atoms with Crippen molar-refractivity contribution in [1.82, 2.24) is 4.90 Å². The second kappa shape index (κ2) is 4.64. The molecule has 1 saturated heterocycles. The lowest BCUT2D eigenvalue weighted by molar-refractivity contribution is -0.141. The van der Waals surface area contributed by atoms with Gasteiger partial charge in [-0.1, -0.05) is 0 Å². The molecule has 2 rings (SSSR count). The van der Waals surface area contributed by atoms with Gasteiger partial charge in [0.15, 0.2) is 6.10 Å². The Kier molecular flexibility index (Phi) is 3.30. The molecular weight excluding hydrogens is 261 g/mol. The molecule has 0 bridgehead atoms. The molecule has 0 radical (unpaired) electrons. The average Bonchev–Trinajstić information content (AvgIpc) is 2.62. The van der Waals surface area contributed by atoms with Crippen LogP contribution in [0.2, 0.25) is 0 Å². The summed E-state index contributed by atoms with van der Waals surface area (Å²) in [6.45, 7) is 0.472. The van der Waals surface area contributed by atoms with Gasteiger partial charge in [0.2, 0.25) is 0 Å². The number of nitrogen functional groups attached to an aromatic ring is 1. The second-order valence-electron chi connectivity index (χ2n) is 4.41. The molecule has 0 aliphatic carbocycles. The molecule has 1 unspecified atom stereocenters. The van der Waals surface area contributed by atoms with Crippen molar-refractivity contribution in [2.75, 3.05) is 19.3 Å². The summed E-state index contributed by atoms with van der Waals surface area (Å²) in [5.41, 5.74) is 4.38. The largest absolute Gasteiger partial charge is 0.480 e. The number of amides is 1. The lowest BCUT2D eigenvalue weighted by Crippen LogP contribution is -2.30. The minimum Gasteiger partial charge on any atom is -0.480 e. The molecule has 1 aromatic rings. The van der Waals surface area contributed by atoms with Crippen LogP contribution >= 0.6 is 0 Å². The summed E-state index contributed by atoms with van der Waals surface area (Å²) < 4.78 is 43.7. The Labute approximate surface area is 107 Å². The first-order chi connectivity index (χ1) is 8.79. The van der Waals surface area contributed by atoms with Gasteiger partial charge >= 0.3 is 6.18 Å². The number of anilines is 1. The Hall–Kier alpha value is -1.92. The van der Waals surface area contributed by atoms with Gasteiger partial charge in [0, 0.05) is 25.7 Å². The Bertz CT molecular complexity index is 502. The molecule has 7 heteroatoms. The van der Waals surface area contributed by atoms with Gasteiger partial charge in [0.05, 0.1) is 5.56 Å². The van der Waals surface area contributed by atoms with Gasteiger partial charge in [-0.3, -0.25) is 4.79 Å². The summed E-state index contributed by atoms with van der Waals surface area (Å²) >= 11 is 0. The SMILES string of the molecule is CN1CCC(Oc2ccc(N)cc2C(F)(F)F)C1=O. The van der Waals surface area contributed by atoms with Crippen LogP contribution in [0.5, 0.6) is 5.75 Å². The third kappa shape index (κ3) is 2.74. The number of likely N-dealkylation sites (tertiary alicyclic amines) is 1. The van der Waals surface area contributed by atoms with E-state index in [9.17, 15) is 18.0 Å². The summed E-state index contributed by atoms with van der Waals surface area (Å²) in [7, 11) is 1.58. The maximum absolute atomic E-state index is 12.8. The molecule has 1 atom stereocenters. The number of nitrogens with two attached hydrogens (primary N) is 1. The predicted octanol–water partition coefficient (Wildman–Crippen LogP) is 1.90. The van der Waals surface area contributed by atoms with Crippen molar-refractivity contribution in [3.8, 4) is 5.75 Å². The summed E-state index contributed by atoms with van der Waals surface area (Å²) in [6, 6.07) is 3.26. The van der Waals surface area contributed by atoms with Crippen molar-refractivity contribution in [3.63, 3.8) is 0 Å². The first-order valence-corrected chi connectivity index (χ1v) is 5.67. The van der Waals surface area contributed by atoms with Crippen LogP contribution in [0.4, 0.5) is 18.9 Å². The van der Waals surface area contributed by atoms with Crippen LogP contribution in [0.1, 0.15) is 12.0 Å². The fraction of sp³-hybridized carbons (Fsp3) is 0.417. The van der Waals surface area contributed by atoms with Crippen LogP contribution in [0.3, 0.4) is 0 Å². The molecule has 1 heterocycles. The van der Waals surface area contributed by atoms with Gasteiger partial charge in [-0.05, 0) is 18.2 Å². The molecule has 1 amide bonds. The van der Waals surface area contributed by atoms with Crippen molar-refractivity contribution in [1.29, 1.82) is 0 Å². The van der Waals surface area contributed by atoms with E-state index in [1.54, 1.807) is 7.05 Å². The van der Waals surface area contributed by atoms with Crippen LogP contribution < -0.4 is 10.5 Å². The standard InChI is InChI=1S/C12H13F3N2O2/c1-17-5-4-10(11(17)18)19-9-3-2-7(16)6-8(9)12(13,14)15/h2-3,6,10H,4-5,16H2,1H3. The molecule has 2 N–H and O–H groups in total. The number of likely N-dealkylation sites (N-methyl/N-ethyl adjacent to an activating group) is 1. The number of alkyl halides is 3. The van der Waals surface area contributed by atoms with Crippen LogP contribution in [0.25, 0.3) is 0 Å². The highest BCUT2D eigenvalue weighted by Crippen LogP contribution is 2.38. The molecule has 0 spiro atoms. The normalized spacial score (nSPS) is 19.9. The first-order valence-electron chi connectivity index (χ1n) is 5.67. The summed E-state index contributed by atoms with van der Waals surface area (Å²) in [5.74, 6) is -0.680. The number of carbonyl (C=O) groups is 1. The third-order valence-electron chi connectivity index (χ3n) is 2.96. The minimum atomic E-state index is -4.57. The van der Waals surface area contributed by atoms with E-state index in [0.717, 1.165) is 12.1 Å². The molecule has 0 saturated carbocycles. The lowest BCUT2D eigenvalue weighted by Gasteiger charge is -2.17. The number of hydrogen-bond acceptors (Lipinski definition) is 3. The highest BCUT2D eigenvalue weighted by atomic mass is 19.4. The zero-order valence-electron chi connectivity index (χ0n) is 10.2. The summed E-state index contributed by atoms with van der Waals surface area (Å²) in [5, 5.41) is 0. The summed E-state index contributed by atoms with van der Waals surface area (Å²) in [4.78, 5) is 13.1. The van der Waals surface area contributed by atoms with Gasteiger partial charge < -0.3 is 15.4 Å². The molecule has 19 heavy (non-hydrogen) atoms. The third-order valence-corrected chi connectivity index (χ3v) is 2.96. The van der Waals surface area contributed by atoms with Crippen LogP contribution in [-0.2, 0) is 11.0 Å². The molecule has 4 nitrogen and oxygen atoms in total. The fourth-order valence-electron chi connectivity index (χ4n) is 1.92. The number of benzene rings is 1. The van der Waals surface area contributed by atoms with Crippen molar-refractivity contribution < 1.29 is 22.7 Å². The zero-order valence-corrected chi connectivity index (χ0v) is 10.2. The van der Waals surface area contributed by atoms with Gasteiger partial charge in [-0.25, -0.2) is 0 Å². The second-order valence-corrected chi connectivity index (χ2v) is 4.41. The van der Waals surface area contributed by atoms with Gasteiger partial charge in [-0.2, -0.15) is 13.2 Å². The Balaban J connectivity index is 2.28. The van der Waals surface area contributed by atoms with E-state index in [1.165, 1.54) is 11.0 Å². The van der Waals surface area contributed by atoms with Crippen molar-refractivity contribution >= 4 is 11.6 Å². The van der Waals surface area contributed by atoms with E-state index in [2.05, 4.69) is 0 Å². The smallest absolute Gasteiger partial charge is 0.420 e. The van der Waals surface area contributed by atoms with E-state index >= 15 is 0 Å². The summed E-state index contributed by atoms with van der Waals surface area (Å²) in [6.07, 6.45) is -5.07. The average molecular weight is 274 g/mol. The maximum atomic E-state index is 12.8. The molecule has 1 aliphatic rings. The number of rotatable bonds is 2. The lowest BCUT2D eigenvalue weighted by atomic mass is 10.1. The number of carbonyl (C=O) groups excluding carboxylic acids is 1. The molecule has 104 valence electrons. The minimum absolute atomic E-state index is 0.00505. The van der Waals surface area contributed by atoms with Gasteiger partial charge in [0.1, 0.15) is 5.75 Å². The highest BCUT2D eigenvalue weighted by Gasteiger charge is 2.37.